The summed E-state index contributed by atoms with van der Waals surface area (Å²) in [5.41, 5.74) is 0.890. The van der Waals surface area contributed by atoms with Gasteiger partial charge in [-0.3, -0.25) is 4.79 Å². The number of nitrogens with one attached hydrogen (secondary N) is 1. The smallest absolute Gasteiger partial charge is 0.243 e. The Morgan fingerprint density at radius 2 is 1.90 bits per heavy atom. The number of rotatable bonds is 9. The van der Waals surface area contributed by atoms with Crippen LogP contribution < -0.4 is 5.32 Å². The van der Waals surface area contributed by atoms with E-state index >= 15 is 0 Å². The number of methoxy groups -OCH3 is 1. The first-order valence-corrected chi connectivity index (χ1v) is 10.7. The molecule has 6 nitrogen and oxygen atoms in total. The Morgan fingerprint density at radius 3 is 2.48 bits per heavy atom. The van der Waals surface area contributed by atoms with Gasteiger partial charge in [-0.2, -0.15) is 4.31 Å². The highest BCUT2D eigenvalue weighted by molar-refractivity contribution is 7.89. The third-order valence-electron chi connectivity index (χ3n) is 4.20. The van der Waals surface area contributed by atoms with Crippen molar-refractivity contribution in [3.8, 4) is 0 Å². The summed E-state index contributed by atoms with van der Waals surface area (Å²) in [5.74, 6) is -1.17. The molecule has 0 fully saturated rings. The Balaban J connectivity index is 2.36. The Hall–Kier alpha value is -2.00. The van der Waals surface area contributed by atoms with Crippen molar-refractivity contribution in [3.63, 3.8) is 0 Å². The molecule has 0 saturated carbocycles. The summed E-state index contributed by atoms with van der Waals surface area (Å²) in [7, 11) is -2.58. The highest BCUT2D eigenvalue weighted by Crippen LogP contribution is 2.24. The number of aryl methyl sites for hydroxylation is 1. The van der Waals surface area contributed by atoms with Gasteiger partial charge < -0.3 is 10.1 Å². The highest BCUT2D eigenvalue weighted by Gasteiger charge is 2.28. The molecule has 2 rings (SSSR count). The zero-order valence-electron chi connectivity index (χ0n) is 16.5. The fourth-order valence-electron chi connectivity index (χ4n) is 2.72. The Bertz CT molecular complexity index is 931. The number of hydrogen-bond donors (Lipinski definition) is 1. The van der Waals surface area contributed by atoms with Crippen molar-refractivity contribution >= 4 is 27.5 Å². The van der Waals surface area contributed by atoms with Crippen LogP contribution in [0.15, 0.2) is 47.4 Å². The van der Waals surface area contributed by atoms with E-state index in [-0.39, 0.29) is 34.7 Å². The summed E-state index contributed by atoms with van der Waals surface area (Å²) in [5, 5.41) is 2.75. The van der Waals surface area contributed by atoms with Crippen molar-refractivity contribution in [1.29, 1.82) is 0 Å². The molecule has 0 bridgehead atoms. The van der Waals surface area contributed by atoms with E-state index < -0.39 is 28.3 Å². The molecule has 2 aromatic rings. The van der Waals surface area contributed by atoms with Crippen LogP contribution in [0, 0.1) is 12.7 Å². The number of carbonyl (C=O) groups is 1. The SMILES string of the molecule is COC[C@H](C)NC(=O)CN(Cc1c(F)cccc1Cl)S(=O)(=O)c1ccc(C)cc1. The largest absolute Gasteiger partial charge is 0.383 e. The van der Waals surface area contributed by atoms with Gasteiger partial charge in [-0.15, -0.1) is 0 Å². The lowest BCUT2D eigenvalue weighted by atomic mass is 10.2. The molecule has 29 heavy (non-hydrogen) atoms. The van der Waals surface area contributed by atoms with Gasteiger partial charge in [0, 0.05) is 30.3 Å². The summed E-state index contributed by atoms with van der Waals surface area (Å²) in [4.78, 5) is 12.4. The van der Waals surface area contributed by atoms with Gasteiger partial charge in [-0.25, -0.2) is 12.8 Å². The van der Waals surface area contributed by atoms with E-state index in [9.17, 15) is 17.6 Å². The van der Waals surface area contributed by atoms with Crippen LogP contribution in [0.5, 0.6) is 0 Å². The van der Waals surface area contributed by atoms with Crippen LogP contribution in [0.25, 0.3) is 0 Å². The van der Waals surface area contributed by atoms with Gasteiger partial charge in [0.1, 0.15) is 5.82 Å². The number of amides is 1. The second-order valence-corrected chi connectivity index (χ2v) is 9.06. The van der Waals surface area contributed by atoms with Gasteiger partial charge in [0.05, 0.1) is 18.0 Å². The molecule has 1 amide bonds. The lowest BCUT2D eigenvalue weighted by Crippen LogP contribution is -2.44. The fourth-order valence-corrected chi connectivity index (χ4v) is 4.30. The zero-order valence-corrected chi connectivity index (χ0v) is 18.1. The molecule has 1 N–H and O–H groups in total. The molecule has 0 aliphatic rings. The van der Waals surface area contributed by atoms with E-state index in [1.54, 1.807) is 19.1 Å². The molecule has 0 heterocycles. The number of carbonyl (C=O) groups excluding carboxylic acids is 1. The topological polar surface area (TPSA) is 75.7 Å². The molecule has 158 valence electrons. The van der Waals surface area contributed by atoms with Crippen molar-refractivity contribution in [2.24, 2.45) is 0 Å². The van der Waals surface area contributed by atoms with E-state index in [1.165, 1.54) is 37.4 Å². The standard InChI is InChI=1S/C20H24ClFN2O4S/c1-14-7-9-16(10-8-14)29(26,27)24(12-20(25)23-15(2)13-28-3)11-17-18(21)5-4-6-19(17)22/h4-10,15H,11-13H2,1-3H3,(H,23,25)/t15-/m0/s1. The summed E-state index contributed by atoms with van der Waals surface area (Å²) < 4.78 is 46.5. The minimum Gasteiger partial charge on any atom is -0.383 e. The van der Waals surface area contributed by atoms with Crippen molar-refractivity contribution in [1.82, 2.24) is 9.62 Å². The molecule has 9 heteroatoms. The third-order valence-corrected chi connectivity index (χ3v) is 6.36. The number of sulfonamides is 1. The number of halogens is 2. The van der Waals surface area contributed by atoms with E-state index in [0.717, 1.165) is 9.87 Å². The van der Waals surface area contributed by atoms with Crippen LogP contribution in [-0.2, 0) is 26.1 Å². The van der Waals surface area contributed by atoms with E-state index in [1.807, 2.05) is 6.92 Å². The molecule has 0 aliphatic heterocycles. The monoisotopic (exact) mass is 442 g/mol. The average Bonchev–Trinajstić information content (AvgIpc) is 2.64. The van der Waals surface area contributed by atoms with Crippen LogP contribution in [0.3, 0.4) is 0 Å². The maximum atomic E-state index is 14.3. The van der Waals surface area contributed by atoms with E-state index in [0.29, 0.717) is 0 Å². The maximum absolute atomic E-state index is 14.3. The predicted octanol–water partition coefficient (Wildman–Crippen LogP) is 3.13. The number of ether oxygens (including phenoxy) is 1. The summed E-state index contributed by atoms with van der Waals surface area (Å²) >= 11 is 6.07. The van der Waals surface area contributed by atoms with Crippen molar-refractivity contribution in [3.05, 3.63) is 64.4 Å². The van der Waals surface area contributed by atoms with E-state index in [4.69, 9.17) is 16.3 Å². The van der Waals surface area contributed by atoms with E-state index in [2.05, 4.69) is 5.32 Å². The summed E-state index contributed by atoms with van der Waals surface area (Å²) in [6, 6.07) is 9.99. The van der Waals surface area contributed by atoms with Crippen LogP contribution in [0.4, 0.5) is 4.39 Å². The molecule has 0 spiro atoms. The molecule has 0 saturated heterocycles. The molecule has 0 radical (unpaired) electrons. The third kappa shape index (κ3) is 6.24. The quantitative estimate of drug-likeness (QED) is 0.647. The molecule has 1 atom stereocenters. The molecule has 0 aromatic heterocycles. The summed E-state index contributed by atoms with van der Waals surface area (Å²) in [6.45, 7) is 2.96. The molecular weight excluding hydrogens is 419 g/mol. The van der Waals surface area contributed by atoms with Crippen LogP contribution in [0.2, 0.25) is 5.02 Å². The predicted molar refractivity (Wildman–Crippen MR) is 110 cm³/mol. The zero-order chi connectivity index (χ0) is 21.6. The van der Waals surface area contributed by atoms with Gasteiger partial charge in [0.25, 0.3) is 0 Å². The van der Waals surface area contributed by atoms with Gasteiger partial charge >= 0.3 is 0 Å². The molecule has 0 unspecified atom stereocenters. The van der Waals surface area contributed by atoms with Crippen molar-refractivity contribution in [2.45, 2.75) is 31.3 Å². The second-order valence-electron chi connectivity index (χ2n) is 6.71. The van der Waals surface area contributed by atoms with Gasteiger partial charge in [0.2, 0.25) is 15.9 Å². The molecular formula is C20H24ClFN2O4S. The van der Waals surface area contributed by atoms with Gasteiger partial charge in [0.15, 0.2) is 0 Å². The van der Waals surface area contributed by atoms with Crippen molar-refractivity contribution in [2.75, 3.05) is 20.3 Å². The Kier molecular flexibility index (Phi) is 8.15. The minimum atomic E-state index is -4.08. The Morgan fingerprint density at radius 1 is 1.24 bits per heavy atom. The van der Waals surface area contributed by atoms with Gasteiger partial charge in [-0.1, -0.05) is 35.4 Å². The molecule has 2 aromatic carbocycles. The van der Waals surface area contributed by atoms with Crippen LogP contribution in [-0.4, -0.2) is 44.9 Å². The number of nitrogens with zero attached hydrogens (tertiary/aromatic N) is 1. The maximum Gasteiger partial charge on any atom is 0.243 e. The summed E-state index contributed by atoms with van der Waals surface area (Å²) in [6.07, 6.45) is 0. The first-order chi connectivity index (χ1) is 13.6. The normalized spacial score (nSPS) is 12.8. The fraction of sp³-hybridized carbons (Fsp3) is 0.350. The lowest BCUT2D eigenvalue weighted by Gasteiger charge is -2.23. The van der Waals surface area contributed by atoms with Crippen molar-refractivity contribution < 1.29 is 22.3 Å². The molecule has 0 aliphatic carbocycles. The minimum absolute atomic E-state index is 0.00240. The Labute approximate surface area is 175 Å². The average molecular weight is 443 g/mol. The second kappa shape index (κ2) is 10.2. The van der Waals surface area contributed by atoms with Crippen LogP contribution in [0.1, 0.15) is 18.1 Å². The lowest BCUT2D eigenvalue weighted by molar-refractivity contribution is -0.122. The van der Waals surface area contributed by atoms with Crippen LogP contribution >= 0.6 is 11.6 Å². The number of hydrogen-bond acceptors (Lipinski definition) is 4. The highest BCUT2D eigenvalue weighted by atomic mass is 35.5. The first kappa shape index (κ1) is 23.3. The van der Waals surface area contributed by atoms with Gasteiger partial charge in [-0.05, 0) is 38.1 Å². The first-order valence-electron chi connectivity index (χ1n) is 8.93. The number of benzene rings is 2.